The molecule has 1 unspecified atom stereocenters. The molecule has 106 valence electrons. The lowest BCUT2D eigenvalue weighted by Crippen LogP contribution is -2.25. The summed E-state index contributed by atoms with van der Waals surface area (Å²) in [7, 11) is 1.69. The minimum Gasteiger partial charge on any atom is -0.496 e. The van der Waals surface area contributed by atoms with Gasteiger partial charge in [0.1, 0.15) is 5.75 Å². The number of hydrogen-bond acceptors (Lipinski definition) is 2. The van der Waals surface area contributed by atoms with Crippen LogP contribution < -0.4 is 10.1 Å². The molecular weight excluding hydrogens is 302 g/mol. The smallest absolute Gasteiger partial charge is 0.133 e. The van der Waals surface area contributed by atoms with Crippen LogP contribution in [0.4, 0.5) is 0 Å². The summed E-state index contributed by atoms with van der Waals surface area (Å²) in [6.45, 7) is 11.6. The Labute approximate surface area is 125 Å². The molecule has 19 heavy (non-hydrogen) atoms. The van der Waals surface area contributed by atoms with E-state index in [0.717, 1.165) is 10.2 Å². The maximum atomic E-state index is 5.27. The Morgan fingerprint density at radius 1 is 1.21 bits per heavy atom. The van der Waals surface area contributed by atoms with Crippen LogP contribution in [0, 0.1) is 10.8 Å². The van der Waals surface area contributed by atoms with E-state index in [1.165, 1.54) is 5.56 Å². The fourth-order valence-electron chi connectivity index (χ4n) is 2.91. The number of rotatable bonds is 4. The highest BCUT2D eigenvalue weighted by molar-refractivity contribution is 9.10. The third kappa shape index (κ3) is 2.43. The minimum atomic E-state index is 0.341. The molecule has 3 heteroatoms. The van der Waals surface area contributed by atoms with Gasteiger partial charge in [0.2, 0.25) is 0 Å². The lowest BCUT2D eigenvalue weighted by Gasteiger charge is -2.17. The Morgan fingerprint density at radius 3 is 2.21 bits per heavy atom. The molecule has 1 aliphatic carbocycles. The van der Waals surface area contributed by atoms with Crippen LogP contribution in [-0.2, 0) is 0 Å². The predicted octanol–water partition coefficient (Wildman–Crippen LogP) is 4.54. The van der Waals surface area contributed by atoms with Crippen molar-refractivity contribution in [3.8, 4) is 5.75 Å². The van der Waals surface area contributed by atoms with Gasteiger partial charge in [0.25, 0.3) is 0 Å². The Kier molecular flexibility index (Phi) is 3.74. The van der Waals surface area contributed by atoms with E-state index in [-0.39, 0.29) is 0 Å². The highest BCUT2D eigenvalue weighted by atomic mass is 79.9. The van der Waals surface area contributed by atoms with Crippen molar-refractivity contribution in [2.45, 2.75) is 46.7 Å². The molecule has 1 saturated carbocycles. The summed E-state index contributed by atoms with van der Waals surface area (Å²) < 4.78 is 6.28. The molecule has 0 amide bonds. The highest BCUT2D eigenvalue weighted by Gasteiger charge is 2.64. The quantitative estimate of drug-likeness (QED) is 0.877. The van der Waals surface area contributed by atoms with Gasteiger partial charge < -0.3 is 10.1 Å². The van der Waals surface area contributed by atoms with Crippen LogP contribution in [0.1, 0.15) is 46.2 Å². The van der Waals surface area contributed by atoms with E-state index in [4.69, 9.17) is 4.74 Å². The van der Waals surface area contributed by atoms with Crippen LogP contribution in [0.2, 0.25) is 0 Å². The van der Waals surface area contributed by atoms with Gasteiger partial charge in [0.15, 0.2) is 0 Å². The molecule has 0 bridgehead atoms. The van der Waals surface area contributed by atoms with E-state index >= 15 is 0 Å². The van der Waals surface area contributed by atoms with Crippen molar-refractivity contribution >= 4 is 15.9 Å². The Bertz CT molecular complexity index is 468. The number of nitrogens with one attached hydrogen (secondary N) is 1. The zero-order chi connectivity index (χ0) is 14.4. The first-order valence-electron chi connectivity index (χ1n) is 6.81. The molecule has 1 fully saturated rings. The van der Waals surface area contributed by atoms with E-state index in [2.05, 4.69) is 68.0 Å². The first-order chi connectivity index (χ1) is 8.71. The predicted molar refractivity (Wildman–Crippen MR) is 83.6 cm³/mol. The number of halogens is 1. The summed E-state index contributed by atoms with van der Waals surface area (Å²) in [5.41, 5.74) is 2.02. The van der Waals surface area contributed by atoms with Crippen LogP contribution in [-0.4, -0.2) is 13.2 Å². The van der Waals surface area contributed by atoms with E-state index < -0.39 is 0 Å². The van der Waals surface area contributed by atoms with Crippen molar-refractivity contribution in [2.75, 3.05) is 7.11 Å². The number of methoxy groups -OCH3 is 1. The second kappa shape index (κ2) is 4.78. The molecule has 2 rings (SSSR count). The SMILES string of the molecule is COc1ccc(C(C)NC2C(C)(C)C2(C)C)cc1Br. The normalized spacial score (nSPS) is 22.1. The topological polar surface area (TPSA) is 21.3 Å². The van der Waals surface area contributed by atoms with Crippen LogP contribution in [0.25, 0.3) is 0 Å². The molecule has 0 aliphatic heterocycles. The standard InChI is InChI=1S/C16H24BrNO/c1-10(18-14-15(2,3)16(14,4)5)11-7-8-13(19-6)12(17)9-11/h7-10,14,18H,1-6H3. The van der Waals surface area contributed by atoms with Crippen molar-refractivity contribution in [1.29, 1.82) is 0 Å². The molecule has 0 saturated heterocycles. The summed E-state index contributed by atoms with van der Waals surface area (Å²) in [5.74, 6) is 0.878. The molecule has 0 radical (unpaired) electrons. The van der Waals surface area contributed by atoms with Gasteiger partial charge in [0, 0.05) is 12.1 Å². The summed E-state index contributed by atoms with van der Waals surface area (Å²) >= 11 is 3.55. The van der Waals surface area contributed by atoms with E-state index in [1.807, 2.05) is 6.07 Å². The fraction of sp³-hybridized carbons (Fsp3) is 0.625. The lowest BCUT2D eigenvalue weighted by molar-refractivity contribution is 0.411. The van der Waals surface area contributed by atoms with Gasteiger partial charge in [0.05, 0.1) is 11.6 Å². The van der Waals surface area contributed by atoms with Gasteiger partial charge in [-0.05, 0) is 51.4 Å². The number of benzene rings is 1. The van der Waals surface area contributed by atoms with Crippen LogP contribution in [0.3, 0.4) is 0 Å². The summed E-state index contributed by atoms with van der Waals surface area (Å²) in [5, 5.41) is 3.75. The van der Waals surface area contributed by atoms with Crippen LogP contribution >= 0.6 is 15.9 Å². The molecule has 1 aromatic rings. The number of hydrogen-bond donors (Lipinski definition) is 1. The second-order valence-electron chi connectivity index (χ2n) is 6.66. The van der Waals surface area contributed by atoms with E-state index in [9.17, 15) is 0 Å². The summed E-state index contributed by atoms with van der Waals surface area (Å²) in [6.07, 6.45) is 0. The second-order valence-corrected chi connectivity index (χ2v) is 7.51. The van der Waals surface area contributed by atoms with Crippen molar-refractivity contribution in [3.63, 3.8) is 0 Å². The Morgan fingerprint density at radius 2 is 1.79 bits per heavy atom. The molecule has 0 aromatic heterocycles. The monoisotopic (exact) mass is 325 g/mol. The Hall–Kier alpha value is -0.540. The van der Waals surface area contributed by atoms with Crippen LogP contribution in [0.15, 0.2) is 22.7 Å². The summed E-state index contributed by atoms with van der Waals surface area (Å²) in [4.78, 5) is 0. The largest absolute Gasteiger partial charge is 0.496 e. The lowest BCUT2D eigenvalue weighted by atomic mass is 10.0. The van der Waals surface area contributed by atoms with Gasteiger partial charge in [-0.2, -0.15) is 0 Å². The van der Waals surface area contributed by atoms with Crippen molar-refractivity contribution in [3.05, 3.63) is 28.2 Å². The van der Waals surface area contributed by atoms with Gasteiger partial charge in [-0.1, -0.05) is 33.8 Å². The molecule has 0 spiro atoms. The maximum Gasteiger partial charge on any atom is 0.133 e. The maximum absolute atomic E-state index is 5.27. The average molecular weight is 326 g/mol. The zero-order valence-electron chi connectivity index (χ0n) is 12.7. The fourth-order valence-corrected chi connectivity index (χ4v) is 3.47. The van der Waals surface area contributed by atoms with E-state index in [0.29, 0.717) is 22.9 Å². The van der Waals surface area contributed by atoms with Gasteiger partial charge >= 0.3 is 0 Å². The average Bonchev–Trinajstić information content (AvgIpc) is 2.71. The van der Waals surface area contributed by atoms with E-state index in [1.54, 1.807) is 7.11 Å². The van der Waals surface area contributed by atoms with Gasteiger partial charge in [-0.15, -0.1) is 0 Å². The third-order valence-electron chi connectivity index (χ3n) is 5.11. The molecule has 1 N–H and O–H groups in total. The van der Waals surface area contributed by atoms with Gasteiger partial charge in [-0.25, -0.2) is 0 Å². The molecule has 1 aromatic carbocycles. The first kappa shape index (κ1) is 14.9. The van der Waals surface area contributed by atoms with Crippen molar-refractivity contribution in [1.82, 2.24) is 5.32 Å². The molecular formula is C16H24BrNO. The van der Waals surface area contributed by atoms with Crippen molar-refractivity contribution in [2.24, 2.45) is 10.8 Å². The van der Waals surface area contributed by atoms with Crippen molar-refractivity contribution < 1.29 is 4.74 Å². The first-order valence-corrected chi connectivity index (χ1v) is 7.60. The summed E-state index contributed by atoms with van der Waals surface area (Å²) in [6, 6.07) is 7.19. The minimum absolute atomic E-state index is 0.341. The highest BCUT2D eigenvalue weighted by Crippen LogP contribution is 2.63. The third-order valence-corrected chi connectivity index (χ3v) is 5.73. The Balaban J connectivity index is 2.10. The molecule has 2 nitrogen and oxygen atoms in total. The van der Waals surface area contributed by atoms with Crippen LogP contribution in [0.5, 0.6) is 5.75 Å². The molecule has 0 heterocycles. The molecule has 1 aliphatic rings. The zero-order valence-corrected chi connectivity index (χ0v) is 14.3. The molecule has 1 atom stereocenters. The van der Waals surface area contributed by atoms with Gasteiger partial charge in [-0.3, -0.25) is 0 Å². The number of ether oxygens (including phenoxy) is 1.